The molecule has 0 bridgehead atoms. The number of halogens is 1. The van der Waals surface area contributed by atoms with Crippen molar-refractivity contribution in [3.8, 4) is 17.2 Å². The lowest BCUT2D eigenvalue weighted by molar-refractivity contribution is -0.138. The molecule has 40 heavy (non-hydrogen) atoms. The minimum atomic E-state index is -0.886. The van der Waals surface area contributed by atoms with E-state index in [1.807, 2.05) is 34.6 Å². The predicted octanol–water partition coefficient (Wildman–Crippen LogP) is 7.03. The molecule has 3 N–H and O–H groups in total. The van der Waals surface area contributed by atoms with Crippen LogP contribution < -0.4 is 15.4 Å². The highest BCUT2D eigenvalue weighted by molar-refractivity contribution is 5.99. The summed E-state index contributed by atoms with van der Waals surface area (Å²) >= 11 is 0. The van der Waals surface area contributed by atoms with Crippen LogP contribution in [0.1, 0.15) is 57.0 Å². The van der Waals surface area contributed by atoms with Crippen LogP contribution in [0.15, 0.2) is 66.9 Å². The fourth-order valence-electron chi connectivity index (χ4n) is 4.08. The highest BCUT2D eigenvalue weighted by Gasteiger charge is 2.23. The Bertz CT molecular complexity index is 1530. The van der Waals surface area contributed by atoms with Crippen LogP contribution in [-0.4, -0.2) is 31.9 Å². The third kappa shape index (κ3) is 6.63. The number of carbonyl (C=O) groups excluding carboxylic acids is 1. The zero-order valence-corrected chi connectivity index (χ0v) is 23.0. The molecule has 2 aromatic carbocycles. The Labute approximate surface area is 232 Å². The lowest BCUT2D eigenvalue weighted by Gasteiger charge is -2.14. The van der Waals surface area contributed by atoms with Crippen molar-refractivity contribution >= 4 is 23.5 Å². The molecule has 4 aromatic rings. The molecule has 4 rings (SSSR count). The molecule has 0 radical (unpaired) electrons. The molecule has 2 aromatic heterocycles. The summed E-state index contributed by atoms with van der Waals surface area (Å²) in [5, 5.41) is 19.4. The van der Waals surface area contributed by atoms with Crippen LogP contribution in [0.5, 0.6) is 11.5 Å². The van der Waals surface area contributed by atoms with Gasteiger partial charge in [0.2, 0.25) is 0 Å². The lowest BCUT2D eigenvalue weighted by Crippen LogP contribution is -2.22. The maximum absolute atomic E-state index is 14.8. The number of nitrogens with zero attached hydrogens (tertiary/aromatic N) is 3. The number of hydrogen-bond donors (Lipinski definition) is 3. The molecule has 10 heteroatoms. The number of ether oxygens (including phenoxy) is 1. The van der Waals surface area contributed by atoms with Gasteiger partial charge in [0.1, 0.15) is 23.1 Å². The number of carboxylic acids is 1. The van der Waals surface area contributed by atoms with E-state index in [0.717, 1.165) is 11.4 Å². The van der Waals surface area contributed by atoms with Crippen molar-refractivity contribution in [3.63, 3.8) is 0 Å². The summed E-state index contributed by atoms with van der Waals surface area (Å²) in [4.78, 5) is 28.6. The summed E-state index contributed by atoms with van der Waals surface area (Å²) in [5.74, 6) is -0.993. The van der Waals surface area contributed by atoms with E-state index in [1.165, 1.54) is 12.1 Å². The highest BCUT2D eigenvalue weighted by atomic mass is 19.1. The van der Waals surface area contributed by atoms with E-state index < -0.39 is 23.7 Å². The van der Waals surface area contributed by atoms with Crippen LogP contribution in [0.4, 0.5) is 20.7 Å². The number of aromatic nitrogens is 3. The van der Waals surface area contributed by atoms with Gasteiger partial charge in [0.25, 0.3) is 0 Å². The van der Waals surface area contributed by atoms with Gasteiger partial charge in [-0.3, -0.25) is 15.1 Å². The lowest BCUT2D eigenvalue weighted by atomic mass is 9.92. The van der Waals surface area contributed by atoms with Crippen LogP contribution in [0.25, 0.3) is 5.69 Å². The quantitative estimate of drug-likeness (QED) is 0.219. The first-order valence-corrected chi connectivity index (χ1v) is 12.9. The number of benzene rings is 2. The number of amides is 2. The van der Waals surface area contributed by atoms with Gasteiger partial charge in [0, 0.05) is 35.5 Å². The zero-order chi connectivity index (χ0) is 29.0. The smallest absolute Gasteiger partial charge is 0.324 e. The number of rotatable bonds is 8. The minimum absolute atomic E-state index is 0.0264. The van der Waals surface area contributed by atoms with E-state index in [1.54, 1.807) is 59.4 Å². The average molecular weight is 546 g/mol. The number of nitrogens with one attached hydrogen (secondary N) is 2. The molecule has 0 saturated carbocycles. The van der Waals surface area contributed by atoms with Gasteiger partial charge in [-0.1, -0.05) is 39.8 Å². The Balaban J connectivity index is 1.54. The Hall–Kier alpha value is -4.73. The average Bonchev–Trinajstić information content (AvgIpc) is 3.31. The molecule has 1 unspecified atom stereocenters. The summed E-state index contributed by atoms with van der Waals surface area (Å²) in [5.41, 5.74) is 2.46. The maximum atomic E-state index is 14.8. The number of carboxylic acid groups (broad SMARTS) is 1. The minimum Gasteiger partial charge on any atom is -0.481 e. The second kappa shape index (κ2) is 11.6. The van der Waals surface area contributed by atoms with Crippen molar-refractivity contribution in [1.82, 2.24) is 14.8 Å². The van der Waals surface area contributed by atoms with Crippen molar-refractivity contribution in [2.75, 3.05) is 10.6 Å². The summed E-state index contributed by atoms with van der Waals surface area (Å²) in [6.45, 7) is 9.64. The van der Waals surface area contributed by atoms with Gasteiger partial charge < -0.3 is 15.2 Å². The van der Waals surface area contributed by atoms with Gasteiger partial charge in [-0.2, -0.15) is 5.10 Å². The van der Waals surface area contributed by atoms with Crippen molar-refractivity contribution in [1.29, 1.82) is 0 Å². The van der Waals surface area contributed by atoms with Crippen LogP contribution >= 0.6 is 0 Å². The number of hydrogen-bond acceptors (Lipinski definition) is 5. The fraction of sp³-hybridized carbons (Fsp3) is 0.267. The van der Waals surface area contributed by atoms with Gasteiger partial charge in [-0.25, -0.2) is 13.9 Å². The first-order valence-electron chi connectivity index (χ1n) is 12.9. The number of urea groups is 1. The van der Waals surface area contributed by atoms with Crippen LogP contribution in [0, 0.1) is 12.7 Å². The number of anilines is 2. The molecule has 1 atom stereocenters. The molecule has 9 nitrogen and oxygen atoms in total. The summed E-state index contributed by atoms with van der Waals surface area (Å²) in [6.07, 6.45) is 2.06. The van der Waals surface area contributed by atoms with Gasteiger partial charge >= 0.3 is 12.0 Å². The van der Waals surface area contributed by atoms with E-state index in [2.05, 4.69) is 20.7 Å². The molecular weight excluding hydrogens is 513 g/mol. The van der Waals surface area contributed by atoms with Crippen molar-refractivity contribution < 1.29 is 23.8 Å². The molecular formula is C30H32FN5O4. The second-order valence-corrected chi connectivity index (χ2v) is 10.4. The third-order valence-electron chi connectivity index (χ3n) is 6.26. The molecule has 208 valence electrons. The van der Waals surface area contributed by atoms with Crippen LogP contribution in [0.2, 0.25) is 0 Å². The SMILES string of the molecule is CCC(C(=O)O)c1ccc(-n2nc(C(C)(C)C)cc2NC(=O)Nc2ccc(Oc3ccnc(C)c3)cc2F)cc1. The van der Waals surface area contributed by atoms with Crippen molar-refractivity contribution in [2.45, 2.75) is 52.4 Å². The normalized spacial score (nSPS) is 12.1. The molecule has 0 spiro atoms. The Kier molecular flexibility index (Phi) is 8.18. The van der Waals surface area contributed by atoms with Crippen LogP contribution in [-0.2, 0) is 10.2 Å². The second-order valence-electron chi connectivity index (χ2n) is 10.4. The third-order valence-corrected chi connectivity index (χ3v) is 6.26. The van der Waals surface area contributed by atoms with E-state index in [4.69, 9.17) is 4.74 Å². The summed E-state index contributed by atoms with van der Waals surface area (Å²) in [7, 11) is 0. The number of aryl methyl sites for hydroxylation is 1. The maximum Gasteiger partial charge on any atom is 0.324 e. The molecule has 2 heterocycles. The van der Waals surface area contributed by atoms with Crippen molar-refractivity contribution in [3.05, 3.63) is 89.6 Å². The monoisotopic (exact) mass is 545 g/mol. The van der Waals surface area contributed by atoms with E-state index >= 15 is 0 Å². The number of aliphatic carboxylic acids is 1. The Morgan fingerprint density at radius 2 is 1.73 bits per heavy atom. The number of carbonyl (C=O) groups is 2. The zero-order valence-electron chi connectivity index (χ0n) is 23.0. The van der Waals surface area contributed by atoms with E-state index in [0.29, 0.717) is 29.2 Å². The Morgan fingerprint density at radius 3 is 2.33 bits per heavy atom. The molecule has 0 aliphatic heterocycles. The molecule has 0 saturated heterocycles. The van der Waals surface area contributed by atoms with E-state index in [9.17, 15) is 19.1 Å². The first kappa shape index (κ1) is 28.3. The van der Waals surface area contributed by atoms with Gasteiger partial charge in [0.05, 0.1) is 23.0 Å². The topological polar surface area (TPSA) is 118 Å². The largest absolute Gasteiger partial charge is 0.481 e. The van der Waals surface area contributed by atoms with Gasteiger partial charge in [0.15, 0.2) is 0 Å². The molecule has 0 fully saturated rings. The molecule has 2 amide bonds. The van der Waals surface area contributed by atoms with Crippen molar-refractivity contribution in [2.24, 2.45) is 0 Å². The molecule has 0 aliphatic carbocycles. The molecule has 0 aliphatic rings. The predicted molar refractivity (Wildman–Crippen MR) is 151 cm³/mol. The first-order chi connectivity index (χ1) is 18.9. The van der Waals surface area contributed by atoms with Crippen LogP contribution in [0.3, 0.4) is 0 Å². The Morgan fingerprint density at radius 1 is 1.02 bits per heavy atom. The summed E-state index contributed by atoms with van der Waals surface area (Å²) in [6, 6.07) is 15.7. The number of pyridine rings is 1. The standard InChI is InChI=1S/C30H32FN5O4/c1-6-23(28(37)38)19-7-9-20(10-8-19)36-27(17-26(35-36)30(3,4)5)34-29(39)33-25-12-11-21(16-24(25)31)40-22-13-14-32-18(2)15-22/h7-17,23H,6H2,1-5H3,(H,37,38)(H2,33,34,39). The van der Waals surface area contributed by atoms with Gasteiger partial charge in [-0.15, -0.1) is 0 Å². The van der Waals surface area contributed by atoms with Gasteiger partial charge in [-0.05, 0) is 49.2 Å². The fourth-order valence-corrected chi connectivity index (χ4v) is 4.08. The highest BCUT2D eigenvalue weighted by Crippen LogP contribution is 2.29. The van der Waals surface area contributed by atoms with E-state index in [-0.39, 0.29) is 16.9 Å². The summed E-state index contributed by atoms with van der Waals surface area (Å²) < 4.78 is 22.1.